The molecule has 1 aromatic heterocycles. The van der Waals surface area contributed by atoms with Gasteiger partial charge in [0.15, 0.2) is 0 Å². The minimum Gasteiger partial charge on any atom is -0.356 e. The van der Waals surface area contributed by atoms with E-state index in [0.717, 1.165) is 12.1 Å². The van der Waals surface area contributed by atoms with Crippen molar-refractivity contribution in [2.75, 3.05) is 13.1 Å². The molecule has 6 heteroatoms. The van der Waals surface area contributed by atoms with Crippen LogP contribution in [0.15, 0.2) is 6.20 Å². The van der Waals surface area contributed by atoms with Gasteiger partial charge in [-0.2, -0.15) is 0 Å². The second-order valence-corrected chi connectivity index (χ2v) is 3.22. The molecule has 0 saturated heterocycles. The molecule has 0 aromatic carbocycles. The van der Waals surface area contributed by atoms with E-state index in [0.29, 0.717) is 26.1 Å². The lowest BCUT2D eigenvalue weighted by atomic mass is 10.3. The monoisotopic (exact) mass is 211 g/mol. The van der Waals surface area contributed by atoms with Crippen LogP contribution in [0.2, 0.25) is 0 Å². The molecule has 0 aliphatic heterocycles. The summed E-state index contributed by atoms with van der Waals surface area (Å²) in [6.45, 7) is 3.68. The van der Waals surface area contributed by atoms with Crippen molar-refractivity contribution in [2.45, 2.75) is 26.3 Å². The molecule has 0 saturated carbocycles. The Balaban J connectivity index is 2.34. The van der Waals surface area contributed by atoms with Crippen LogP contribution in [0.5, 0.6) is 0 Å². The standard InChI is InChI=1S/C9H17N5O/c1-2-11-9(15)4-6-14-7-8(3-5-10)12-13-14/h7H,2-6,10H2,1H3,(H,11,15). The van der Waals surface area contributed by atoms with Crippen LogP contribution in [0.4, 0.5) is 0 Å². The van der Waals surface area contributed by atoms with E-state index >= 15 is 0 Å². The molecule has 0 atom stereocenters. The molecule has 6 nitrogen and oxygen atoms in total. The van der Waals surface area contributed by atoms with Gasteiger partial charge in [-0.25, -0.2) is 0 Å². The Kier molecular flexibility index (Phi) is 4.76. The van der Waals surface area contributed by atoms with Gasteiger partial charge in [0, 0.05) is 25.6 Å². The maximum Gasteiger partial charge on any atom is 0.221 e. The Morgan fingerprint density at radius 3 is 3.13 bits per heavy atom. The van der Waals surface area contributed by atoms with Gasteiger partial charge in [-0.1, -0.05) is 5.21 Å². The maximum absolute atomic E-state index is 11.2. The van der Waals surface area contributed by atoms with Crippen LogP contribution in [0, 0.1) is 0 Å². The molecule has 1 aromatic rings. The van der Waals surface area contributed by atoms with E-state index in [9.17, 15) is 4.79 Å². The van der Waals surface area contributed by atoms with Crippen molar-refractivity contribution in [3.63, 3.8) is 0 Å². The second-order valence-electron chi connectivity index (χ2n) is 3.22. The Morgan fingerprint density at radius 1 is 1.67 bits per heavy atom. The lowest BCUT2D eigenvalue weighted by Gasteiger charge is -2.00. The molecule has 1 heterocycles. The number of aromatic nitrogens is 3. The third-order valence-electron chi connectivity index (χ3n) is 1.93. The Morgan fingerprint density at radius 2 is 2.47 bits per heavy atom. The number of aryl methyl sites for hydroxylation is 1. The van der Waals surface area contributed by atoms with Gasteiger partial charge < -0.3 is 11.1 Å². The Labute approximate surface area is 88.8 Å². The maximum atomic E-state index is 11.2. The zero-order valence-corrected chi connectivity index (χ0v) is 8.94. The molecule has 0 aliphatic rings. The summed E-state index contributed by atoms with van der Waals surface area (Å²) in [7, 11) is 0. The first-order chi connectivity index (χ1) is 7.26. The molecule has 0 bridgehead atoms. The van der Waals surface area contributed by atoms with Gasteiger partial charge >= 0.3 is 0 Å². The Hall–Kier alpha value is -1.43. The fourth-order valence-corrected chi connectivity index (χ4v) is 1.21. The van der Waals surface area contributed by atoms with Gasteiger partial charge in [-0.15, -0.1) is 5.10 Å². The SMILES string of the molecule is CCNC(=O)CCn1cc(CCN)nn1. The predicted octanol–water partition coefficient (Wildman–Crippen LogP) is -0.694. The van der Waals surface area contributed by atoms with E-state index < -0.39 is 0 Å². The third-order valence-corrected chi connectivity index (χ3v) is 1.93. The minimum absolute atomic E-state index is 0.0355. The molecular formula is C9H17N5O. The van der Waals surface area contributed by atoms with E-state index in [2.05, 4.69) is 15.6 Å². The molecule has 3 N–H and O–H groups in total. The summed E-state index contributed by atoms with van der Waals surface area (Å²) in [5.41, 5.74) is 6.26. The van der Waals surface area contributed by atoms with Crippen molar-refractivity contribution in [1.82, 2.24) is 20.3 Å². The van der Waals surface area contributed by atoms with Gasteiger partial charge in [0.1, 0.15) is 0 Å². The minimum atomic E-state index is 0.0355. The summed E-state index contributed by atoms with van der Waals surface area (Å²) in [5.74, 6) is 0.0355. The van der Waals surface area contributed by atoms with Crippen LogP contribution in [-0.4, -0.2) is 34.0 Å². The summed E-state index contributed by atoms with van der Waals surface area (Å²) in [5, 5.41) is 10.6. The number of amides is 1. The highest BCUT2D eigenvalue weighted by Gasteiger charge is 2.02. The molecule has 1 amide bonds. The van der Waals surface area contributed by atoms with Crippen LogP contribution in [0.1, 0.15) is 19.0 Å². The summed E-state index contributed by atoms with van der Waals surface area (Å²) < 4.78 is 1.67. The van der Waals surface area contributed by atoms with Crippen LogP contribution in [0.25, 0.3) is 0 Å². The lowest BCUT2D eigenvalue weighted by molar-refractivity contribution is -0.121. The second kappa shape index (κ2) is 6.13. The van der Waals surface area contributed by atoms with Gasteiger partial charge in [0.2, 0.25) is 5.91 Å². The van der Waals surface area contributed by atoms with Gasteiger partial charge in [-0.3, -0.25) is 9.48 Å². The smallest absolute Gasteiger partial charge is 0.221 e. The van der Waals surface area contributed by atoms with Gasteiger partial charge in [-0.05, 0) is 13.5 Å². The molecular weight excluding hydrogens is 194 g/mol. The van der Waals surface area contributed by atoms with E-state index in [-0.39, 0.29) is 5.91 Å². The average Bonchev–Trinajstić information content (AvgIpc) is 2.64. The first kappa shape index (κ1) is 11.6. The normalized spacial score (nSPS) is 10.3. The molecule has 0 spiro atoms. The zero-order chi connectivity index (χ0) is 11.1. The quantitative estimate of drug-likeness (QED) is 0.652. The number of nitrogens with one attached hydrogen (secondary N) is 1. The van der Waals surface area contributed by atoms with Gasteiger partial charge in [0.25, 0.3) is 0 Å². The topological polar surface area (TPSA) is 85.8 Å². The fourth-order valence-electron chi connectivity index (χ4n) is 1.21. The number of hydrogen-bond acceptors (Lipinski definition) is 4. The molecule has 1 rings (SSSR count). The molecule has 0 aliphatic carbocycles. The summed E-state index contributed by atoms with van der Waals surface area (Å²) in [4.78, 5) is 11.2. The number of nitrogens with two attached hydrogens (primary N) is 1. The number of hydrogen-bond donors (Lipinski definition) is 2. The number of carbonyl (C=O) groups is 1. The van der Waals surface area contributed by atoms with Crippen LogP contribution in [0.3, 0.4) is 0 Å². The first-order valence-electron chi connectivity index (χ1n) is 5.12. The summed E-state index contributed by atoms with van der Waals surface area (Å²) >= 11 is 0. The van der Waals surface area contributed by atoms with E-state index in [1.165, 1.54) is 0 Å². The molecule has 0 fully saturated rings. The van der Waals surface area contributed by atoms with Crippen molar-refractivity contribution in [2.24, 2.45) is 5.73 Å². The van der Waals surface area contributed by atoms with Gasteiger partial charge in [0.05, 0.1) is 12.2 Å². The van der Waals surface area contributed by atoms with Crippen molar-refractivity contribution in [3.8, 4) is 0 Å². The molecule has 0 unspecified atom stereocenters. The van der Waals surface area contributed by atoms with Crippen LogP contribution in [-0.2, 0) is 17.8 Å². The highest BCUT2D eigenvalue weighted by Crippen LogP contribution is 1.95. The van der Waals surface area contributed by atoms with E-state index in [4.69, 9.17) is 5.73 Å². The summed E-state index contributed by atoms with van der Waals surface area (Å²) in [6, 6.07) is 0. The van der Waals surface area contributed by atoms with Crippen molar-refractivity contribution in [3.05, 3.63) is 11.9 Å². The zero-order valence-electron chi connectivity index (χ0n) is 8.94. The predicted molar refractivity (Wildman–Crippen MR) is 56.1 cm³/mol. The first-order valence-corrected chi connectivity index (χ1v) is 5.12. The fraction of sp³-hybridized carbons (Fsp3) is 0.667. The van der Waals surface area contributed by atoms with Crippen molar-refractivity contribution in [1.29, 1.82) is 0 Å². The van der Waals surface area contributed by atoms with Crippen molar-refractivity contribution < 1.29 is 4.79 Å². The number of rotatable bonds is 6. The Bertz CT molecular complexity index is 309. The van der Waals surface area contributed by atoms with Crippen LogP contribution < -0.4 is 11.1 Å². The number of nitrogens with zero attached hydrogens (tertiary/aromatic N) is 3. The molecule has 84 valence electrons. The molecule has 15 heavy (non-hydrogen) atoms. The van der Waals surface area contributed by atoms with E-state index in [1.54, 1.807) is 4.68 Å². The van der Waals surface area contributed by atoms with Crippen molar-refractivity contribution >= 4 is 5.91 Å². The van der Waals surface area contributed by atoms with Crippen LogP contribution >= 0.6 is 0 Å². The summed E-state index contributed by atoms with van der Waals surface area (Å²) in [6.07, 6.45) is 2.98. The third kappa shape index (κ3) is 4.07. The highest BCUT2D eigenvalue weighted by molar-refractivity contribution is 5.75. The molecule has 0 radical (unpaired) electrons. The number of carbonyl (C=O) groups excluding carboxylic acids is 1. The lowest BCUT2D eigenvalue weighted by Crippen LogP contribution is -2.23. The highest BCUT2D eigenvalue weighted by atomic mass is 16.1. The average molecular weight is 211 g/mol. The largest absolute Gasteiger partial charge is 0.356 e. The van der Waals surface area contributed by atoms with E-state index in [1.807, 2.05) is 13.1 Å².